The van der Waals surface area contributed by atoms with Crippen molar-refractivity contribution in [3.63, 3.8) is 0 Å². The molecular weight excluding hydrogens is 314 g/mol. The fourth-order valence-electron chi connectivity index (χ4n) is 2.07. The number of unbranched alkanes of at least 4 members (excludes halogenated alkanes) is 3. The molecule has 1 heterocycles. The summed E-state index contributed by atoms with van der Waals surface area (Å²) in [6.07, 6.45) is 8.46. The van der Waals surface area contributed by atoms with E-state index < -0.39 is 0 Å². The van der Waals surface area contributed by atoms with E-state index in [1.54, 1.807) is 0 Å². The molecule has 0 atom stereocenters. The first-order valence-corrected chi connectivity index (χ1v) is 9.57. The number of carbonyl (C=O) groups excluding carboxylic acids is 1. The summed E-state index contributed by atoms with van der Waals surface area (Å²) in [7, 11) is 0. The lowest BCUT2D eigenvalue weighted by molar-refractivity contribution is -0.107. The number of hydrogen-bond acceptors (Lipinski definition) is 5. The smallest absolute Gasteiger partial charge is 0.244 e. The van der Waals surface area contributed by atoms with Gasteiger partial charge in [0.1, 0.15) is 15.8 Å². The van der Waals surface area contributed by atoms with Crippen LogP contribution in [0.5, 0.6) is 5.75 Å². The zero-order valence-electron chi connectivity index (χ0n) is 13.0. The van der Waals surface area contributed by atoms with Gasteiger partial charge in [-0.05, 0) is 36.6 Å². The molecule has 1 aromatic carbocycles. The number of rotatable bonds is 7. The highest BCUT2D eigenvalue weighted by atomic mass is 32.2. The number of ether oxygens (including phenoxy) is 1. The predicted octanol–water partition coefficient (Wildman–Crippen LogP) is 4.98. The lowest BCUT2D eigenvalue weighted by atomic mass is 10.1. The molecule has 0 radical (unpaired) electrons. The van der Waals surface area contributed by atoms with Gasteiger partial charge in [-0.15, -0.1) is 11.8 Å². The maximum atomic E-state index is 11.9. The van der Waals surface area contributed by atoms with Crippen LogP contribution < -0.4 is 4.74 Å². The normalized spacial score (nSPS) is 16.2. The Labute approximate surface area is 140 Å². The highest BCUT2D eigenvalue weighted by molar-refractivity contribution is 8.45. The van der Waals surface area contributed by atoms with E-state index in [9.17, 15) is 4.79 Å². The Balaban J connectivity index is 2.05. The molecule has 0 aromatic heterocycles. The highest BCUT2D eigenvalue weighted by Crippen LogP contribution is 2.31. The number of aliphatic imine (C=N–C) groups is 1. The van der Waals surface area contributed by atoms with E-state index >= 15 is 0 Å². The van der Waals surface area contributed by atoms with E-state index in [0.29, 0.717) is 12.3 Å². The Kier molecular flexibility index (Phi) is 7.06. The molecule has 1 aliphatic rings. The number of benzene rings is 1. The molecule has 0 amide bonds. The summed E-state index contributed by atoms with van der Waals surface area (Å²) < 4.78 is 6.67. The van der Waals surface area contributed by atoms with E-state index in [0.717, 1.165) is 22.1 Å². The van der Waals surface area contributed by atoms with Crippen LogP contribution in [0.15, 0.2) is 35.0 Å². The van der Waals surface area contributed by atoms with Crippen LogP contribution in [-0.4, -0.2) is 22.4 Å². The van der Waals surface area contributed by atoms with Crippen LogP contribution in [0.2, 0.25) is 0 Å². The zero-order valence-corrected chi connectivity index (χ0v) is 14.6. The lowest BCUT2D eigenvalue weighted by Crippen LogP contribution is -1.99. The summed E-state index contributed by atoms with van der Waals surface area (Å²) in [5.41, 5.74) is 1.41. The number of hydrogen-bond donors (Lipinski definition) is 0. The minimum Gasteiger partial charge on any atom is -0.493 e. The Morgan fingerprint density at radius 2 is 2.09 bits per heavy atom. The summed E-state index contributed by atoms with van der Waals surface area (Å²) in [6.45, 7) is 2.91. The van der Waals surface area contributed by atoms with Crippen molar-refractivity contribution in [1.82, 2.24) is 0 Å². The summed E-state index contributed by atoms with van der Waals surface area (Å²) in [4.78, 5) is 16.3. The van der Waals surface area contributed by atoms with Crippen LogP contribution in [0.4, 0.5) is 0 Å². The average molecular weight is 335 g/mol. The van der Waals surface area contributed by atoms with Crippen molar-refractivity contribution in [1.29, 1.82) is 0 Å². The van der Waals surface area contributed by atoms with Gasteiger partial charge in [0.15, 0.2) is 0 Å². The molecule has 0 aliphatic carbocycles. The molecule has 5 heteroatoms. The predicted molar refractivity (Wildman–Crippen MR) is 97.6 cm³/mol. The largest absolute Gasteiger partial charge is 0.493 e. The van der Waals surface area contributed by atoms with Gasteiger partial charge in [-0.2, -0.15) is 0 Å². The van der Waals surface area contributed by atoms with E-state index in [4.69, 9.17) is 4.74 Å². The molecular formula is C17H21NO2S2. The Bertz CT molecular complexity index is 582. The highest BCUT2D eigenvalue weighted by Gasteiger charge is 2.21. The Morgan fingerprint density at radius 1 is 1.27 bits per heavy atom. The topological polar surface area (TPSA) is 38.7 Å². The zero-order chi connectivity index (χ0) is 15.8. The van der Waals surface area contributed by atoms with E-state index in [1.165, 1.54) is 42.8 Å². The molecule has 0 spiro atoms. The molecule has 3 nitrogen and oxygen atoms in total. The van der Waals surface area contributed by atoms with Gasteiger partial charge < -0.3 is 4.74 Å². The van der Waals surface area contributed by atoms with Crippen molar-refractivity contribution in [3.8, 4) is 5.75 Å². The summed E-state index contributed by atoms with van der Waals surface area (Å²) in [6, 6.07) is 7.80. The van der Waals surface area contributed by atoms with Crippen LogP contribution in [-0.2, 0) is 4.79 Å². The molecule has 0 N–H and O–H groups in total. The third-order valence-corrected chi connectivity index (χ3v) is 5.09. The standard InChI is InChI=1S/C17H21NO2S2/c1-3-4-5-8-11-20-15-10-7-6-9-13(15)12-14-16(19)22-17(18-14)21-2/h6-7,9-10,12H,3-5,8,11H2,1-2H3. The van der Waals surface area contributed by atoms with E-state index in [2.05, 4.69) is 11.9 Å². The third kappa shape index (κ3) is 4.92. The van der Waals surface area contributed by atoms with E-state index in [-0.39, 0.29) is 5.12 Å². The molecule has 2 rings (SSSR count). The van der Waals surface area contributed by atoms with Crippen LogP contribution in [0.1, 0.15) is 38.2 Å². The van der Waals surface area contributed by atoms with Crippen LogP contribution in [0, 0.1) is 0 Å². The summed E-state index contributed by atoms with van der Waals surface area (Å²) in [5.74, 6) is 0.817. The fraction of sp³-hybridized carbons (Fsp3) is 0.412. The number of para-hydroxylation sites is 1. The first-order chi connectivity index (χ1) is 10.7. The second-order valence-electron chi connectivity index (χ2n) is 4.95. The fourth-order valence-corrected chi connectivity index (χ4v) is 3.33. The van der Waals surface area contributed by atoms with Gasteiger partial charge in [-0.1, -0.05) is 44.4 Å². The van der Waals surface area contributed by atoms with Crippen molar-refractivity contribution in [2.45, 2.75) is 32.6 Å². The molecule has 0 saturated carbocycles. The Morgan fingerprint density at radius 3 is 2.82 bits per heavy atom. The molecule has 0 saturated heterocycles. The summed E-state index contributed by atoms with van der Waals surface area (Å²) >= 11 is 2.69. The van der Waals surface area contributed by atoms with Gasteiger partial charge in [-0.25, -0.2) is 4.99 Å². The molecule has 0 fully saturated rings. The molecule has 1 aliphatic heterocycles. The molecule has 22 heavy (non-hydrogen) atoms. The minimum absolute atomic E-state index is 0.00194. The van der Waals surface area contributed by atoms with Gasteiger partial charge >= 0.3 is 0 Å². The first-order valence-electron chi connectivity index (χ1n) is 7.53. The Hall–Kier alpha value is -1.20. The maximum Gasteiger partial charge on any atom is 0.244 e. The van der Waals surface area contributed by atoms with Gasteiger partial charge in [-0.3, -0.25) is 4.79 Å². The quantitative estimate of drug-likeness (QED) is 0.520. The maximum absolute atomic E-state index is 11.9. The number of thioether (sulfide) groups is 2. The monoisotopic (exact) mass is 335 g/mol. The van der Waals surface area contributed by atoms with E-state index in [1.807, 2.05) is 36.6 Å². The second kappa shape index (κ2) is 9.06. The van der Waals surface area contributed by atoms with Crippen LogP contribution >= 0.6 is 23.5 Å². The SMILES string of the molecule is CCCCCCOc1ccccc1C=C1N=C(SC)SC1=O. The lowest BCUT2D eigenvalue weighted by Gasteiger charge is -2.09. The molecule has 1 aromatic rings. The van der Waals surface area contributed by atoms with Crippen molar-refractivity contribution < 1.29 is 9.53 Å². The van der Waals surface area contributed by atoms with Crippen molar-refractivity contribution >= 4 is 39.1 Å². The van der Waals surface area contributed by atoms with Gasteiger partial charge in [0.25, 0.3) is 0 Å². The molecule has 0 bridgehead atoms. The van der Waals surface area contributed by atoms with Crippen molar-refractivity contribution in [2.24, 2.45) is 4.99 Å². The number of nitrogens with zero attached hydrogens (tertiary/aromatic N) is 1. The van der Waals surface area contributed by atoms with Gasteiger partial charge in [0, 0.05) is 5.56 Å². The van der Waals surface area contributed by atoms with Crippen molar-refractivity contribution in [3.05, 3.63) is 35.5 Å². The van der Waals surface area contributed by atoms with Crippen molar-refractivity contribution in [2.75, 3.05) is 12.9 Å². The van der Waals surface area contributed by atoms with Gasteiger partial charge in [0.05, 0.1) is 6.61 Å². The molecule has 118 valence electrons. The van der Waals surface area contributed by atoms with Gasteiger partial charge in [0.2, 0.25) is 5.12 Å². The third-order valence-electron chi connectivity index (χ3n) is 3.24. The average Bonchev–Trinajstić information content (AvgIpc) is 2.89. The summed E-state index contributed by atoms with van der Waals surface area (Å²) in [5, 5.41) is 0.00194. The van der Waals surface area contributed by atoms with Crippen LogP contribution in [0.3, 0.4) is 0 Å². The number of carbonyl (C=O) groups is 1. The second-order valence-corrected chi connectivity index (χ2v) is 6.96. The first kappa shape index (κ1) is 17.2. The minimum atomic E-state index is 0.00194. The molecule has 0 unspecified atom stereocenters. The van der Waals surface area contributed by atoms with Crippen LogP contribution in [0.25, 0.3) is 6.08 Å².